The molecule has 0 radical (unpaired) electrons. The van der Waals surface area contributed by atoms with Crippen molar-refractivity contribution in [2.45, 2.75) is 12.5 Å². The Morgan fingerprint density at radius 3 is 2.32 bits per heavy atom. The monoisotopic (exact) mass is 445 g/mol. The van der Waals surface area contributed by atoms with Crippen LogP contribution >= 0.6 is 11.6 Å². The second kappa shape index (κ2) is 9.09. The molecule has 31 heavy (non-hydrogen) atoms. The first kappa shape index (κ1) is 22.2. The average Bonchev–Trinajstić information content (AvgIpc) is 3.01. The zero-order valence-corrected chi connectivity index (χ0v) is 17.5. The summed E-state index contributed by atoms with van der Waals surface area (Å²) in [5.74, 6) is -2.54. The Kier molecular flexibility index (Phi) is 6.50. The average molecular weight is 446 g/mol. The van der Waals surface area contributed by atoms with Gasteiger partial charge in [-0.25, -0.2) is 0 Å². The molecule has 0 bridgehead atoms. The summed E-state index contributed by atoms with van der Waals surface area (Å²) in [4.78, 5) is 37.9. The van der Waals surface area contributed by atoms with E-state index < -0.39 is 29.5 Å². The lowest BCUT2D eigenvalue weighted by Crippen LogP contribution is -2.32. The number of carbonyl (C=O) groups is 3. The maximum absolute atomic E-state index is 12.9. The third-order valence-corrected chi connectivity index (χ3v) is 5.21. The van der Waals surface area contributed by atoms with E-state index in [1.165, 1.54) is 26.4 Å². The van der Waals surface area contributed by atoms with E-state index in [2.05, 4.69) is 0 Å². The Hall–Kier alpha value is -3.52. The fourth-order valence-electron chi connectivity index (χ4n) is 3.46. The number of rotatable bonds is 7. The largest absolute Gasteiger partial charge is 0.507 e. The van der Waals surface area contributed by atoms with Crippen molar-refractivity contribution in [3.63, 3.8) is 0 Å². The van der Waals surface area contributed by atoms with Gasteiger partial charge in [-0.05, 0) is 36.4 Å². The zero-order chi connectivity index (χ0) is 22.7. The van der Waals surface area contributed by atoms with E-state index in [4.69, 9.17) is 26.2 Å². The van der Waals surface area contributed by atoms with Crippen molar-refractivity contribution in [1.29, 1.82) is 0 Å². The van der Waals surface area contributed by atoms with Gasteiger partial charge in [0, 0.05) is 28.8 Å². The summed E-state index contributed by atoms with van der Waals surface area (Å²) in [6, 6.07) is 9.88. The number of aliphatic hydroxyl groups is 1. The number of halogens is 1. The number of carbonyl (C=O) groups excluding carboxylic acids is 2. The number of amides is 1. The van der Waals surface area contributed by atoms with Crippen LogP contribution in [0.5, 0.6) is 11.5 Å². The van der Waals surface area contributed by atoms with Crippen LogP contribution in [0.2, 0.25) is 5.02 Å². The summed E-state index contributed by atoms with van der Waals surface area (Å²) < 4.78 is 10.6. The predicted octanol–water partition coefficient (Wildman–Crippen LogP) is 3.25. The molecule has 1 fully saturated rings. The molecule has 1 aliphatic heterocycles. The topological polar surface area (TPSA) is 113 Å². The van der Waals surface area contributed by atoms with E-state index >= 15 is 0 Å². The Morgan fingerprint density at radius 2 is 1.74 bits per heavy atom. The van der Waals surface area contributed by atoms with Gasteiger partial charge in [0.2, 0.25) is 0 Å². The van der Waals surface area contributed by atoms with Crippen LogP contribution in [0.1, 0.15) is 23.6 Å². The molecule has 1 atom stereocenters. The van der Waals surface area contributed by atoms with Gasteiger partial charge in [0.05, 0.1) is 32.3 Å². The van der Waals surface area contributed by atoms with Crippen molar-refractivity contribution in [1.82, 2.24) is 4.90 Å². The highest BCUT2D eigenvalue weighted by molar-refractivity contribution is 6.46. The molecule has 2 aromatic rings. The first-order valence-corrected chi connectivity index (χ1v) is 9.64. The summed E-state index contributed by atoms with van der Waals surface area (Å²) >= 11 is 5.90. The van der Waals surface area contributed by atoms with Crippen LogP contribution in [0, 0.1) is 0 Å². The number of ether oxygens (including phenoxy) is 2. The second-order valence-corrected chi connectivity index (χ2v) is 7.19. The lowest BCUT2D eigenvalue weighted by atomic mass is 9.94. The molecular formula is C22H20ClNO7. The molecule has 9 heteroatoms. The Labute approximate surface area is 183 Å². The molecule has 1 unspecified atom stereocenters. The minimum Gasteiger partial charge on any atom is -0.507 e. The van der Waals surface area contributed by atoms with Crippen LogP contribution in [0.25, 0.3) is 5.76 Å². The molecule has 1 amide bonds. The van der Waals surface area contributed by atoms with Gasteiger partial charge in [-0.15, -0.1) is 0 Å². The number of carboxylic acids is 1. The quantitative estimate of drug-likeness (QED) is 0.382. The standard InChI is InChI=1S/C22H20ClNO7/c1-30-14-7-8-15(16(11-14)31-2)19-18(20(27)12-3-5-13(23)6-4-12)21(28)22(29)24(19)10-9-17(25)26/h3-8,11,19,27H,9-10H2,1-2H3,(H,25,26)/b20-18+. The number of Topliss-reactive ketones (excluding diaryl/α,β-unsaturated/α-hetero) is 1. The smallest absolute Gasteiger partial charge is 0.305 e. The van der Waals surface area contributed by atoms with Gasteiger partial charge >= 0.3 is 5.97 Å². The molecule has 1 aliphatic rings. The summed E-state index contributed by atoms with van der Waals surface area (Å²) in [7, 11) is 2.90. The SMILES string of the molecule is COc1ccc(C2/C(=C(\O)c3ccc(Cl)cc3)C(=O)C(=O)N2CCC(=O)O)c(OC)c1. The number of aliphatic carboxylic acids is 1. The number of hydrogen-bond donors (Lipinski definition) is 2. The van der Waals surface area contributed by atoms with E-state index in [0.29, 0.717) is 22.1 Å². The predicted molar refractivity (Wildman–Crippen MR) is 112 cm³/mol. The van der Waals surface area contributed by atoms with E-state index in [-0.39, 0.29) is 24.1 Å². The van der Waals surface area contributed by atoms with Crippen molar-refractivity contribution in [3.8, 4) is 11.5 Å². The summed E-state index contributed by atoms with van der Waals surface area (Å²) in [6.07, 6.45) is -0.372. The molecule has 1 heterocycles. The Morgan fingerprint density at radius 1 is 1.06 bits per heavy atom. The van der Waals surface area contributed by atoms with Crippen molar-refractivity contribution in [2.75, 3.05) is 20.8 Å². The highest BCUT2D eigenvalue weighted by Gasteiger charge is 2.47. The van der Waals surface area contributed by atoms with Gasteiger partial charge in [0.1, 0.15) is 17.3 Å². The molecule has 2 N–H and O–H groups in total. The van der Waals surface area contributed by atoms with Gasteiger partial charge in [-0.3, -0.25) is 14.4 Å². The lowest BCUT2D eigenvalue weighted by Gasteiger charge is -2.26. The molecule has 0 aliphatic carbocycles. The van der Waals surface area contributed by atoms with Crippen LogP contribution < -0.4 is 9.47 Å². The number of methoxy groups -OCH3 is 2. The first-order chi connectivity index (χ1) is 14.8. The number of nitrogens with zero attached hydrogens (tertiary/aromatic N) is 1. The minimum atomic E-state index is -1.12. The van der Waals surface area contributed by atoms with Crippen molar-refractivity contribution in [3.05, 3.63) is 64.2 Å². The number of aliphatic hydroxyl groups excluding tert-OH is 1. The number of carboxylic acid groups (broad SMARTS) is 1. The van der Waals surface area contributed by atoms with Gasteiger partial charge in [-0.2, -0.15) is 0 Å². The summed E-state index contributed by atoms with van der Waals surface area (Å²) in [5.41, 5.74) is 0.530. The summed E-state index contributed by atoms with van der Waals surface area (Å²) in [5, 5.41) is 20.5. The van der Waals surface area contributed by atoms with Crippen LogP contribution in [0.3, 0.4) is 0 Å². The second-order valence-electron chi connectivity index (χ2n) is 6.75. The fraction of sp³-hybridized carbons (Fsp3) is 0.227. The van der Waals surface area contributed by atoms with Crippen LogP contribution in [0.4, 0.5) is 0 Å². The van der Waals surface area contributed by atoms with Crippen molar-refractivity contribution in [2.24, 2.45) is 0 Å². The van der Waals surface area contributed by atoms with Crippen LogP contribution in [0.15, 0.2) is 48.0 Å². The maximum atomic E-state index is 12.9. The number of ketones is 1. The highest BCUT2D eigenvalue weighted by Crippen LogP contribution is 2.43. The first-order valence-electron chi connectivity index (χ1n) is 9.26. The van der Waals surface area contributed by atoms with Gasteiger partial charge in [0.15, 0.2) is 0 Å². The van der Waals surface area contributed by atoms with E-state index in [1.807, 2.05) is 0 Å². The molecule has 162 valence electrons. The van der Waals surface area contributed by atoms with Gasteiger partial charge < -0.3 is 24.6 Å². The Balaban J connectivity index is 2.21. The maximum Gasteiger partial charge on any atom is 0.305 e. The van der Waals surface area contributed by atoms with E-state index in [9.17, 15) is 19.5 Å². The molecule has 0 aromatic heterocycles. The molecular weight excluding hydrogens is 426 g/mol. The number of likely N-dealkylation sites (tertiary alicyclic amines) is 1. The van der Waals surface area contributed by atoms with E-state index in [0.717, 1.165) is 4.90 Å². The molecule has 0 saturated carbocycles. The van der Waals surface area contributed by atoms with Gasteiger partial charge in [-0.1, -0.05) is 11.6 Å². The summed E-state index contributed by atoms with van der Waals surface area (Å²) in [6.45, 7) is -0.225. The minimum absolute atomic E-state index is 0.166. The molecule has 2 aromatic carbocycles. The highest BCUT2D eigenvalue weighted by atomic mass is 35.5. The van der Waals surface area contributed by atoms with Crippen molar-refractivity contribution < 1.29 is 34.1 Å². The lowest BCUT2D eigenvalue weighted by molar-refractivity contribution is -0.142. The zero-order valence-electron chi connectivity index (χ0n) is 16.8. The van der Waals surface area contributed by atoms with Crippen LogP contribution in [-0.2, 0) is 14.4 Å². The molecule has 1 saturated heterocycles. The van der Waals surface area contributed by atoms with Crippen molar-refractivity contribution >= 4 is 35.0 Å². The van der Waals surface area contributed by atoms with E-state index in [1.54, 1.807) is 30.3 Å². The fourth-order valence-corrected chi connectivity index (χ4v) is 3.58. The third-order valence-electron chi connectivity index (χ3n) is 4.96. The third kappa shape index (κ3) is 4.34. The van der Waals surface area contributed by atoms with Crippen LogP contribution in [-0.4, -0.2) is 53.5 Å². The van der Waals surface area contributed by atoms with Gasteiger partial charge in [0.25, 0.3) is 11.7 Å². The number of benzene rings is 2. The molecule has 0 spiro atoms. The Bertz CT molecular complexity index is 1060. The number of hydrogen-bond acceptors (Lipinski definition) is 6. The molecule has 8 nitrogen and oxygen atoms in total. The normalized spacial score (nSPS) is 17.6. The molecule has 3 rings (SSSR count).